The monoisotopic (exact) mass is 505 g/mol. The standard InChI is InChI=1S/C29H35N3O5/c1-19(2)16-30-27(34)15-20-8-11-23(12-9-20)32-28(35)24-6-4-5-7-25(24)31(29(32)36)17-22-14-21(18-33)10-13-26(22)37-3/h8-14,18-19,24-25H,4-7,15-17H2,1-3H3,(H,30,34). The van der Waals surface area contributed by atoms with Crippen LogP contribution in [-0.4, -0.2) is 48.7 Å². The normalized spacial score (nSPS) is 19.6. The minimum Gasteiger partial charge on any atom is -0.496 e. The predicted octanol–water partition coefficient (Wildman–Crippen LogP) is 4.35. The van der Waals surface area contributed by atoms with Crippen LogP contribution in [0.25, 0.3) is 0 Å². The molecule has 2 aromatic rings. The van der Waals surface area contributed by atoms with Crippen molar-refractivity contribution >= 4 is 29.8 Å². The topological polar surface area (TPSA) is 96.0 Å². The molecule has 1 aliphatic heterocycles. The van der Waals surface area contributed by atoms with Gasteiger partial charge in [-0.05, 0) is 54.7 Å². The number of carbonyl (C=O) groups is 4. The van der Waals surface area contributed by atoms with E-state index in [-0.39, 0.29) is 42.8 Å². The molecule has 1 saturated heterocycles. The second-order valence-electron chi connectivity index (χ2n) is 10.3. The zero-order valence-corrected chi connectivity index (χ0v) is 21.7. The number of ether oxygens (including phenoxy) is 1. The van der Waals surface area contributed by atoms with Crippen LogP contribution >= 0.6 is 0 Å². The average molecular weight is 506 g/mol. The molecule has 0 aromatic heterocycles. The highest BCUT2D eigenvalue weighted by Gasteiger charge is 2.47. The fourth-order valence-corrected chi connectivity index (χ4v) is 5.23. The van der Waals surface area contributed by atoms with E-state index in [0.717, 1.165) is 43.1 Å². The molecular weight excluding hydrogens is 470 g/mol. The fourth-order valence-electron chi connectivity index (χ4n) is 5.23. The lowest BCUT2D eigenvalue weighted by atomic mass is 9.81. The largest absolute Gasteiger partial charge is 0.496 e. The molecule has 0 radical (unpaired) electrons. The van der Waals surface area contributed by atoms with E-state index in [1.807, 2.05) is 13.8 Å². The van der Waals surface area contributed by atoms with Crippen molar-refractivity contribution < 1.29 is 23.9 Å². The van der Waals surface area contributed by atoms with Crippen LogP contribution in [0.1, 0.15) is 61.0 Å². The first kappa shape index (κ1) is 26.4. The number of imide groups is 1. The SMILES string of the molecule is COc1ccc(C=O)cc1CN1C(=O)N(c2ccc(CC(=O)NCC(C)C)cc2)C(=O)C2CCCCC21. The summed E-state index contributed by atoms with van der Waals surface area (Å²) in [7, 11) is 1.56. The summed E-state index contributed by atoms with van der Waals surface area (Å²) >= 11 is 0. The van der Waals surface area contributed by atoms with Crippen molar-refractivity contribution in [3.63, 3.8) is 0 Å². The number of hydrogen-bond acceptors (Lipinski definition) is 5. The summed E-state index contributed by atoms with van der Waals surface area (Å²) < 4.78 is 5.50. The van der Waals surface area contributed by atoms with Crippen molar-refractivity contribution in [1.82, 2.24) is 10.2 Å². The van der Waals surface area contributed by atoms with E-state index in [2.05, 4.69) is 5.32 Å². The lowest BCUT2D eigenvalue weighted by Gasteiger charge is -2.47. The Morgan fingerprint density at radius 3 is 2.51 bits per heavy atom. The van der Waals surface area contributed by atoms with E-state index < -0.39 is 0 Å². The van der Waals surface area contributed by atoms with E-state index >= 15 is 0 Å². The van der Waals surface area contributed by atoms with Crippen LogP contribution in [0.5, 0.6) is 5.75 Å². The van der Waals surface area contributed by atoms with Crippen LogP contribution in [0.4, 0.5) is 10.5 Å². The Hall–Kier alpha value is -3.68. The van der Waals surface area contributed by atoms with Crippen molar-refractivity contribution in [2.45, 2.75) is 58.5 Å². The summed E-state index contributed by atoms with van der Waals surface area (Å²) in [5.41, 5.74) is 2.52. The summed E-state index contributed by atoms with van der Waals surface area (Å²) in [6.45, 7) is 4.93. The van der Waals surface area contributed by atoms with Crippen LogP contribution < -0.4 is 15.0 Å². The quantitative estimate of drug-likeness (QED) is 0.511. The third-order valence-corrected chi connectivity index (χ3v) is 7.15. The maximum Gasteiger partial charge on any atom is 0.331 e. The smallest absolute Gasteiger partial charge is 0.331 e. The van der Waals surface area contributed by atoms with E-state index in [0.29, 0.717) is 29.5 Å². The Morgan fingerprint density at radius 1 is 1.11 bits per heavy atom. The van der Waals surface area contributed by atoms with Gasteiger partial charge in [0.25, 0.3) is 0 Å². The molecule has 0 bridgehead atoms. The van der Waals surface area contributed by atoms with Gasteiger partial charge in [0.1, 0.15) is 12.0 Å². The minimum absolute atomic E-state index is 0.0608. The number of rotatable bonds is 9. The number of methoxy groups -OCH3 is 1. The number of amides is 4. The van der Waals surface area contributed by atoms with Crippen LogP contribution in [0.15, 0.2) is 42.5 Å². The van der Waals surface area contributed by atoms with Gasteiger partial charge in [0.05, 0.1) is 31.7 Å². The number of nitrogens with zero attached hydrogens (tertiary/aromatic N) is 2. The molecule has 1 saturated carbocycles. The first-order valence-electron chi connectivity index (χ1n) is 12.9. The molecule has 2 atom stereocenters. The van der Waals surface area contributed by atoms with E-state index in [1.165, 1.54) is 4.90 Å². The molecule has 2 unspecified atom stereocenters. The molecular formula is C29H35N3O5. The highest BCUT2D eigenvalue weighted by atomic mass is 16.5. The van der Waals surface area contributed by atoms with Gasteiger partial charge in [-0.1, -0.05) is 38.8 Å². The minimum atomic E-state index is -0.380. The number of aldehydes is 1. The molecule has 37 heavy (non-hydrogen) atoms. The summed E-state index contributed by atoms with van der Waals surface area (Å²) in [6, 6.07) is 11.6. The van der Waals surface area contributed by atoms with E-state index in [1.54, 1.807) is 54.5 Å². The number of carbonyl (C=O) groups excluding carboxylic acids is 4. The first-order valence-corrected chi connectivity index (χ1v) is 12.9. The zero-order chi connectivity index (χ0) is 26.5. The summed E-state index contributed by atoms with van der Waals surface area (Å²) in [6.07, 6.45) is 4.39. The van der Waals surface area contributed by atoms with Gasteiger partial charge in [-0.2, -0.15) is 0 Å². The number of hydrogen-bond donors (Lipinski definition) is 1. The average Bonchev–Trinajstić information content (AvgIpc) is 2.90. The number of anilines is 1. The third-order valence-electron chi connectivity index (χ3n) is 7.15. The molecule has 1 heterocycles. The maximum atomic E-state index is 13.8. The van der Waals surface area contributed by atoms with Crippen LogP contribution in [0.3, 0.4) is 0 Å². The second kappa shape index (κ2) is 11.6. The van der Waals surface area contributed by atoms with Gasteiger partial charge in [-0.15, -0.1) is 0 Å². The van der Waals surface area contributed by atoms with Crippen molar-refractivity contribution in [3.05, 3.63) is 59.2 Å². The molecule has 2 fully saturated rings. The Morgan fingerprint density at radius 2 is 1.84 bits per heavy atom. The van der Waals surface area contributed by atoms with Crippen LogP contribution in [0, 0.1) is 11.8 Å². The van der Waals surface area contributed by atoms with Gasteiger partial charge >= 0.3 is 6.03 Å². The lowest BCUT2D eigenvalue weighted by Crippen LogP contribution is -2.62. The molecule has 8 nitrogen and oxygen atoms in total. The molecule has 2 aliphatic rings. The number of fused-ring (bicyclic) bond motifs is 1. The molecule has 1 aliphatic carbocycles. The van der Waals surface area contributed by atoms with Gasteiger partial charge in [0.2, 0.25) is 11.8 Å². The highest BCUT2D eigenvalue weighted by Crippen LogP contribution is 2.38. The van der Waals surface area contributed by atoms with Gasteiger partial charge in [0, 0.05) is 23.7 Å². The van der Waals surface area contributed by atoms with Crippen molar-refractivity contribution in [2.24, 2.45) is 11.8 Å². The van der Waals surface area contributed by atoms with Gasteiger partial charge in [-0.3, -0.25) is 14.4 Å². The van der Waals surface area contributed by atoms with Gasteiger partial charge in [0.15, 0.2) is 0 Å². The zero-order valence-electron chi connectivity index (χ0n) is 21.7. The van der Waals surface area contributed by atoms with E-state index in [9.17, 15) is 19.2 Å². The Kier molecular flexibility index (Phi) is 8.26. The summed E-state index contributed by atoms with van der Waals surface area (Å²) in [5, 5.41) is 2.90. The van der Waals surface area contributed by atoms with Crippen LogP contribution in [0.2, 0.25) is 0 Å². The summed E-state index contributed by atoms with van der Waals surface area (Å²) in [5.74, 6) is 0.439. The van der Waals surface area contributed by atoms with Gasteiger partial charge in [-0.25, -0.2) is 9.69 Å². The van der Waals surface area contributed by atoms with Crippen molar-refractivity contribution in [1.29, 1.82) is 0 Å². The van der Waals surface area contributed by atoms with Crippen LogP contribution in [-0.2, 0) is 22.6 Å². The lowest BCUT2D eigenvalue weighted by molar-refractivity contribution is -0.127. The first-order chi connectivity index (χ1) is 17.8. The van der Waals surface area contributed by atoms with Crippen molar-refractivity contribution in [2.75, 3.05) is 18.6 Å². The molecule has 196 valence electrons. The highest BCUT2D eigenvalue weighted by molar-refractivity contribution is 6.17. The number of urea groups is 1. The molecule has 1 N–H and O–H groups in total. The fraction of sp³-hybridized carbons (Fsp3) is 0.448. The molecule has 2 aromatic carbocycles. The molecule has 4 rings (SSSR count). The third kappa shape index (κ3) is 5.84. The maximum absolute atomic E-state index is 13.8. The van der Waals surface area contributed by atoms with E-state index in [4.69, 9.17) is 4.74 Å². The Balaban J connectivity index is 1.59. The molecule has 4 amide bonds. The molecule has 8 heteroatoms. The second-order valence-corrected chi connectivity index (χ2v) is 10.3. The van der Waals surface area contributed by atoms with Gasteiger partial charge < -0.3 is 15.0 Å². The molecule has 0 spiro atoms. The Labute approximate surface area is 218 Å². The number of benzene rings is 2. The number of nitrogens with one attached hydrogen (secondary N) is 1. The predicted molar refractivity (Wildman–Crippen MR) is 141 cm³/mol. The van der Waals surface area contributed by atoms with Crippen molar-refractivity contribution in [3.8, 4) is 5.75 Å². The summed E-state index contributed by atoms with van der Waals surface area (Å²) in [4.78, 5) is 54.0. The Bertz CT molecular complexity index is 1160.